The largest absolute Gasteiger partial charge is 0.306 e. The quantitative estimate of drug-likeness (QED) is 0.867. The maximum Gasteiger partial charge on any atom is 0.0535 e. The van der Waals surface area contributed by atoms with Crippen molar-refractivity contribution in [3.63, 3.8) is 0 Å². The van der Waals surface area contributed by atoms with Crippen LogP contribution in [-0.2, 0) is 13.0 Å². The zero-order valence-electron chi connectivity index (χ0n) is 10.7. The van der Waals surface area contributed by atoms with Crippen LogP contribution in [0.15, 0.2) is 30.5 Å². The van der Waals surface area contributed by atoms with E-state index in [1.54, 1.807) is 0 Å². The molecule has 0 unspecified atom stereocenters. The van der Waals surface area contributed by atoms with Crippen molar-refractivity contribution >= 4 is 0 Å². The smallest absolute Gasteiger partial charge is 0.0535 e. The van der Waals surface area contributed by atoms with Crippen molar-refractivity contribution in [3.8, 4) is 0 Å². The Bertz CT molecular complexity index is 530. The highest BCUT2D eigenvalue weighted by molar-refractivity contribution is 5.32. The van der Waals surface area contributed by atoms with Gasteiger partial charge in [-0.1, -0.05) is 24.3 Å². The van der Waals surface area contributed by atoms with E-state index in [4.69, 9.17) is 0 Å². The first-order chi connectivity index (χ1) is 8.84. The standard InChI is InChI=1S/C15H19N3/c1-11-13(10-17-18-11)9-16-15-8-4-6-12-5-2-3-7-14(12)15/h2-3,5,7,10,15-16H,4,6,8-9H2,1H3,(H,17,18)/t15-/m1/s1. The molecule has 1 atom stereocenters. The molecule has 2 N–H and O–H groups in total. The number of nitrogens with one attached hydrogen (secondary N) is 2. The number of H-pyrrole nitrogens is 1. The van der Waals surface area contributed by atoms with Gasteiger partial charge in [0.05, 0.1) is 6.20 Å². The predicted molar refractivity (Wildman–Crippen MR) is 72.3 cm³/mol. The van der Waals surface area contributed by atoms with Crippen LogP contribution in [0, 0.1) is 6.92 Å². The number of aryl methyl sites for hydroxylation is 2. The Morgan fingerprint density at radius 2 is 2.28 bits per heavy atom. The summed E-state index contributed by atoms with van der Waals surface area (Å²) >= 11 is 0. The molecule has 18 heavy (non-hydrogen) atoms. The fraction of sp³-hybridized carbons (Fsp3) is 0.400. The molecule has 3 nitrogen and oxygen atoms in total. The van der Waals surface area contributed by atoms with Gasteiger partial charge >= 0.3 is 0 Å². The first kappa shape index (κ1) is 11.5. The molecule has 2 aromatic rings. The lowest BCUT2D eigenvalue weighted by molar-refractivity contribution is 0.458. The Kier molecular flexibility index (Phi) is 3.15. The molecular weight excluding hydrogens is 222 g/mol. The lowest BCUT2D eigenvalue weighted by Gasteiger charge is -2.26. The molecule has 3 heteroatoms. The number of hydrogen-bond donors (Lipinski definition) is 2. The van der Waals surface area contributed by atoms with Crippen LogP contribution in [0.4, 0.5) is 0 Å². The Morgan fingerprint density at radius 1 is 1.39 bits per heavy atom. The Morgan fingerprint density at radius 3 is 3.11 bits per heavy atom. The first-order valence-electron chi connectivity index (χ1n) is 6.64. The highest BCUT2D eigenvalue weighted by Crippen LogP contribution is 2.29. The Hall–Kier alpha value is -1.61. The molecule has 0 saturated heterocycles. The lowest BCUT2D eigenvalue weighted by atomic mass is 9.87. The van der Waals surface area contributed by atoms with Crippen molar-refractivity contribution in [2.45, 2.75) is 38.8 Å². The minimum atomic E-state index is 0.490. The lowest BCUT2D eigenvalue weighted by Crippen LogP contribution is -2.24. The summed E-state index contributed by atoms with van der Waals surface area (Å²) in [5.41, 5.74) is 5.40. The average Bonchev–Trinajstić information content (AvgIpc) is 2.82. The van der Waals surface area contributed by atoms with Gasteiger partial charge in [-0.25, -0.2) is 0 Å². The van der Waals surface area contributed by atoms with E-state index in [1.165, 1.54) is 36.0 Å². The molecule has 0 fully saturated rings. The molecule has 1 aromatic carbocycles. The van der Waals surface area contributed by atoms with Gasteiger partial charge < -0.3 is 5.32 Å². The zero-order chi connectivity index (χ0) is 12.4. The van der Waals surface area contributed by atoms with Gasteiger partial charge in [-0.15, -0.1) is 0 Å². The second-order valence-electron chi connectivity index (χ2n) is 5.04. The van der Waals surface area contributed by atoms with Crippen molar-refractivity contribution in [2.24, 2.45) is 0 Å². The summed E-state index contributed by atoms with van der Waals surface area (Å²) in [6.45, 7) is 2.96. The highest BCUT2D eigenvalue weighted by atomic mass is 15.1. The van der Waals surface area contributed by atoms with Gasteiger partial charge in [-0.05, 0) is 37.3 Å². The number of aromatic amines is 1. The second kappa shape index (κ2) is 4.94. The molecule has 0 bridgehead atoms. The minimum Gasteiger partial charge on any atom is -0.306 e. The van der Waals surface area contributed by atoms with Crippen LogP contribution in [0.5, 0.6) is 0 Å². The normalized spacial score (nSPS) is 18.6. The molecule has 0 aliphatic heterocycles. The summed E-state index contributed by atoms with van der Waals surface area (Å²) in [6, 6.07) is 9.29. The van der Waals surface area contributed by atoms with E-state index in [9.17, 15) is 0 Å². The van der Waals surface area contributed by atoms with E-state index in [-0.39, 0.29) is 0 Å². The number of nitrogens with zero attached hydrogens (tertiary/aromatic N) is 1. The number of aromatic nitrogens is 2. The number of fused-ring (bicyclic) bond motifs is 1. The van der Waals surface area contributed by atoms with Gasteiger partial charge in [0.15, 0.2) is 0 Å². The molecule has 94 valence electrons. The fourth-order valence-corrected chi connectivity index (χ4v) is 2.75. The molecule has 0 radical (unpaired) electrons. The van der Waals surface area contributed by atoms with Crippen LogP contribution in [0.1, 0.15) is 41.3 Å². The van der Waals surface area contributed by atoms with Crippen molar-refractivity contribution in [1.82, 2.24) is 15.5 Å². The van der Waals surface area contributed by atoms with Gasteiger partial charge in [0.2, 0.25) is 0 Å². The van der Waals surface area contributed by atoms with E-state index in [1.807, 2.05) is 6.20 Å². The number of hydrogen-bond acceptors (Lipinski definition) is 2. The van der Waals surface area contributed by atoms with Crippen molar-refractivity contribution in [2.75, 3.05) is 0 Å². The number of rotatable bonds is 3. The van der Waals surface area contributed by atoms with E-state index < -0.39 is 0 Å². The molecule has 1 aromatic heterocycles. The number of benzene rings is 1. The van der Waals surface area contributed by atoms with Crippen LogP contribution in [0.3, 0.4) is 0 Å². The molecule has 0 spiro atoms. The summed E-state index contributed by atoms with van der Waals surface area (Å²) in [5, 5.41) is 10.7. The van der Waals surface area contributed by atoms with Crippen molar-refractivity contribution in [1.29, 1.82) is 0 Å². The van der Waals surface area contributed by atoms with Gasteiger partial charge in [0, 0.05) is 23.8 Å². The maximum atomic E-state index is 4.06. The second-order valence-corrected chi connectivity index (χ2v) is 5.04. The third-order valence-electron chi connectivity index (χ3n) is 3.84. The summed E-state index contributed by atoms with van der Waals surface area (Å²) in [5.74, 6) is 0. The molecular formula is C15H19N3. The molecule has 0 amide bonds. The van der Waals surface area contributed by atoms with Crippen LogP contribution in [0.2, 0.25) is 0 Å². The summed E-state index contributed by atoms with van der Waals surface area (Å²) in [7, 11) is 0. The van der Waals surface area contributed by atoms with E-state index in [0.717, 1.165) is 12.2 Å². The topological polar surface area (TPSA) is 40.7 Å². The molecule has 0 saturated carbocycles. The maximum absolute atomic E-state index is 4.06. The Balaban J connectivity index is 1.73. The molecule has 1 aliphatic rings. The van der Waals surface area contributed by atoms with E-state index in [2.05, 4.69) is 46.7 Å². The van der Waals surface area contributed by atoms with Gasteiger partial charge in [0.25, 0.3) is 0 Å². The molecule has 1 aliphatic carbocycles. The van der Waals surface area contributed by atoms with Crippen molar-refractivity contribution in [3.05, 3.63) is 52.8 Å². The van der Waals surface area contributed by atoms with Crippen molar-refractivity contribution < 1.29 is 0 Å². The highest BCUT2D eigenvalue weighted by Gasteiger charge is 2.19. The zero-order valence-corrected chi connectivity index (χ0v) is 10.7. The average molecular weight is 241 g/mol. The summed E-state index contributed by atoms with van der Waals surface area (Å²) in [4.78, 5) is 0. The van der Waals surface area contributed by atoms with Gasteiger partial charge in [-0.2, -0.15) is 5.10 Å². The molecule has 1 heterocycles. The van der Waals surface area contributed by atoms with Gasteiger partial charge in [0.1, 0.15) is 0 Å². The summed E-state index contributed by atoms with van der Waals surface area (Å²) < 4.78 is 0. The third kappa shape index (κ3) is 2.18. The van der Waals surface area contributed by atoms with Crippen LogP contribution >= 0.6 is 0 Å². The Labute approximate surface area is 108 Å². The van der Waals surface area contributed by atoms with Crippen LogP contribution < -0.4 is 5.32 Å². The predicted octanol–water partition coefficient (Wildman–Crippen LogP) is 2.89. The van der Waals surface area contributed by atoms with Crippen LogP contribution in [0.25, 0.3) is 0 Å². The third-order valence-corrected chi connectivity index (χ3v) is 3.84. The fourth-order valence-electron chi connectivity index (χ4n) is 2.75. The monoisotopic (exact) mass is 241 g/mol. The minimum absolute atomic E-state index is 0.490. The van der Waals surface area contributed by atoms with E-state index in [0.29, 0.717) is 6.04 Å². The van der Waals surface area contributed by atoms with E-state index >= 15 is 0 Å². The SMILES string of the molecule is Cc1[nH]ncc1CN[C@@H]1CCCc2ccccc21. The first-order valence-corrected chi connectivity index (χ1v) is 6.64. The van der Waals surface area contributed by atoms with Crippen LogP contribution in [-0.4, -0.2) is 10.2 Å². The van der Waals surface area contributed by atoms with Gasteiger partial charge in [-0.3, -0.25) is 5.10 Å². The summed E-state index contributed by atoms with van der Waals surface area (Å²) in [6.07, 6.45) is 5.64. The molecule has 3 rings (SSSR count).